The van der Waals surface area contributed by atoms with Crippen LogP contribution in [0.1, 0.15) is 90.9 Å². The molecule has 0 aromatic carbocycles. The van der Waals surface area contributed by atoms with Gasteiger partial charge in [0.2, 0.25) is 0 Å². The second-order valence-electron chi connectivity index (χ2n) is 5.65. The van der Waals surface area contributed by atoms with Gasteiger partial charge in [-0.05, 0) is 12.8 Å². The summed E-state index contributed by atoms with van der Waals surface area (Å²) in [7, 11) is -4.07. The van der Waals surface area contributed by atoms with Crippen LogP contribution in [0.25, 0.3) is 0 Å². The first-order valence-corrected chi connectivity index (χ1v) is 10.2. The average molecular weight is 377 g/mol. The van der Waals surface area contributed by atoms with Crippen molar-refractivity contribution in [3.8, 4) is 0 Å². The molecule has 6 heteroatoms. The summed E-state index contributed by atoms with van der Waals surface area (Å²) in [6.45, 7) is 4.86. The first-order valence-electron chi connectivity index (χ1n) is 8.72. The minimum atomic E-state index is -4.07. The van der Waals surface area contributed by atoms with Crippen LogP contribution in [0.3, 0.4) is 0 Å². The molecule has 4 nitrogen and oxygen atoms in total. The van der Waals surface area contributed by atoms with Gasteiger partial charge in [-0.25, -0.2) is 0 Å². The maximum Gasteiger partial charge on any atom is 3.00 e. The van der Waals surface area contributed by atoms with Crippen LogP contribution in [-0.2, 0) is 30.7 Å². The van der Waals surface area contributed by atoms with E-state index in [1.807, 2.05) is 0 Å². The molecule has 1 radical (unpaired) electrons. The number of unbranched alkanes of at least 4 members (excludes halogenated alkanes) is 10. The van der Waals surface area contributed by atoms with Gasteiger partial charge in [-0.2, -0.15) is 0 Å². The Kier molecular flexibility index (Phi) is 20.3. The summed E-state index contributed by atoms with van der Waals surface area (Å²) in [6, 6.07) is 0. The Bertz CT molecular complexity index is 243. The van der Waals surface area contributed by atoms with E-state index in [0.29, 0.717) is 0 Å². The molecule has 0 aliphatic heterocycles. The van der Waals surface area contributed by atoms with Crippen LogP contribution in [0.2, 0.25) is 0 Å². The molecule has 0 amide bonds. The zero-order valence-corrected chi connectivity index (χ0v) is 16.3. The summed E-state index contributed by atoms with van der Waals surface area (Å²) in [4.78, 5) is 11.5. The molecule has 0 N–H and O–H groups in total. The van der Waals surface area contributed by atoms with Crippen molar-refractivity contribution in [1.29, 1.82) is 0 Å². The predicted molar refractivity (Wildman–Crippen MR) is 86.3 cm³/mol. The van der Waals surface area contributed by atoms with Gasteiger partial charge in [0.05, 0.1) is 13.2 Å². The fourth-order valence-electron chi connectivity index (χ4n) is 2.15. The van der Waals surface area contributed by atoms with Crippen molar-refractivity contribution < 1.29 is 35.6 Å². The summed E-state index contributed by atoms with van der Waals surface area (Å²) in [5.74, 6) is 0. The van der Waals surface area contributed by atoms with Gasteiger partial charge in [0.15, 0.2) is 0 Å². The van der Waals surface area contributed by atoms with E-state index in [4.69, 9.17) is 9.05 Å². The van der Waals surface area contributed by atoms with Gasteiger partial charge in [-0.1, -0.05) is 78.1 Å². The Morgan fingerprint density at radius 3 is 1.36 bits per heavy atom. The molecule has 0 aliphatic rings. The van der Waals surface area contributed by atoms with Gasteiger partial charge < -0.3 is 13.9 Å². The van der Waals surface area contributed by atoms with Gasteiger partial charge in [-0.3, -0.25) is 4.57 Å². The van der Waals surface area contributed by atoms with Gasteiger partial charge in [-0.15, -0.1) is 0 Å². The molecule has 0 aromatic heterocycles. The van der Waals surface area contributed by atoms with E-state index in [0.717, 1.165) is 38.5 Å². The van der Waals surface area contributed by atoms with Gasteiger partial charge >= 0.3 is 17.1 Å². The number of hydrogen-bond acceptors (Lipinski definition) is 4. The number of rotatable bonds is 16. The van der Waals surface area contributed by atoms with E-state index in [1.165, 1.54) is 38.5 Å². The van der Waals surface area contributed by atoms with E-state index in [2.05, 4.69) is 13.8 Å². The molecular formula is C16H34FeO4P+2. The van der Waals surface area contributed by atoms with Gasteiger partial charge in [0.25, 0.3) is 7.82 Å². The maximum absolute atomic E-state index is 11.5. The van der Waals surface area contributed by atoms with Crippen LogP contribution in [0, 0.1) is 0 Å². The number of phosphoric ester groups is 1. The van der Waals surface area contributed by atoms with Crippen LogP contribution in [-0.4, -0.2) is 13.2 Å². The second kappa shape index (κ2) is 18.0. The summed E-state index contributed by atoms with van der Waals surface area (Å²) in [5.41, 5.74) is 0. The van der Waals surface area contributed by atoms with Crippen molar-refractivity contribution in [3.05, 3.63) is 0 Å². The van der Waals surface area contributed by atoms with Crippen LogP contribution in [0.15, 0.2) is 0 Å². The summed E-state index contributed by atoms with van der Waals surface area (Å²) in [5, 5.41) is 0. The third-order valence-corrected chi connectivity index (χ3v) is 4.49. The van der Waals surface area contributed by atoms with Crippen molar-refractivity contribution in [3.63, 3.8) is 0 Å². The van der Waals surface area contributed by atoms with Crippen molar-refractivity contribution in [2.75, 3.05) is 13.2 Å². The SMILES string of the molecule is CCCCCCCCOP(=O)([O-])OCCCCCCCC.[Fe+3]. The zero-order valence-electron chi connectivity index (χ0n) is 14.3. The molecule has 0 heterocycles. The Morgan fingerprint density at radius 2 is 1.00 bits per heavy atom. The van der Waals surface area contributed by atoms with E-state index in [1.54, 1.807) is 0 Å². The third-order valence-electron chi connectivity index (χ3n) is 3.49. The molecule has 0 bridgehead atoms. The Balaban J connectivity index is 0. The molecule has 0 fully saturated rings. The molecule has 133 valence electrons. The molecule has 0 spiro atoms. The minimum absolute atomic E-state index is 0. The fraction of sp³-hybridized carbons (Fsp3) is 1.00. The standard InChI is InChI=1S/C16H35O4P.Fe/c1-3-5-7-9-11-13-15-19-21(17,18)20-16-14-12-10-8-6-4-2;/h3-16H2,1-2H3,(H,17,18);/q;+3/p-1. The molecule has 0 saturated heterocycles. The molecule has 0 aliphatic carbocycles. The van der Waals surface area contributed by atoms with E-state index in [9.17, 15) is 9.46 Å². The monoisotopic (exact) mass is 377 g/mol. The molecular weight excluding hydrogens is 343 g/mol. The molecule has 0 aromatic rings. The third kappa shape index (κ3) is 18.7. The van der Waals surface area contributed by atoms with Crippen LogP contribution in [0.4, 0.5) is 0 Å². The predicted octanol–water partition coefficient (Wildman–Crippen LogP) is 5.21. The van der Waals surface area contributed by atoms with Crippen molar-refractivity contribution in [2.45, 2.75) is 90.9 Å². The van der Waals surface area contributed by atoms with Gasteiger partial charge in [0, 0.05) is 0 Å². The molecule has 22 heavy (non-hydrogen) atoms. The largest absolute Gasteiger partial charge is 3.00 e. The molecule has 0 unspecified atom stereocenters. The maximum atomic E-state index is 11.5. The minimum Gasteiger partial charge on any atom is -0.756 e. The second-order valence-corrected chi connectivity index (χ2v) is 7.06. The Morgan fingerprint density at radius 1 is 0.682 bits per heavy atom. The fourth-order valence-corrected chi connectivity index (χ4v) is 2.93. The zero-order chi connectivity index (χ0) is 15.8. The number of phosphoric acid groups is 1. The quantitative estimate of drug-likeness (QED) is 0.211. The van der Waals surface area contributed by atoms with E-state index < -0.39 is 7.82 Å². The Labute approximate surface area is 147 Å². The number of hydrogen-bond donors (Lipinski definition) is 0. The van der Waals surface area contributed by atoms with Gasteiger partial charge in [0.1, 0.15) is 0 Å². The first kappa shape index (κ1) is 24.9. The van der Waals surface area contributed by atoms with Crippen molar-refractivity contribution in [2.24, 2.45) is 0 Å². The molecule has 0 saturated carbocycles. The average Bonchev–Trinajstić information content (AvgIpc) is 2.45. The van der Waals surface area contributed by atoms with E-state index in [-0.39, 0.29) is 30.3 Å². The summed E-state index contributed by atoms with van der Waals surface area (Å²) in [6.07, 6.45) is 13.3. The van der Waals surface area contributed by atoms with Crippen molar-refractivity contribution in [1.82, 2.24) is 0 Å². The Hall–Kier alpha value is 0.629. The molecule has 0 rings (SSSR count). The van der Waals surface area contributed by atoms with Crippen LogP contribution < -0.4 is 4.89 Å². The van der Waals surface area contributed by atoms with E-state index >= 15 is 0 Å². The van der Waals surface area contributed by atoms with Crippen LogP contribution >= 0.6 is 7.82 Å². The normalized spacial score (nSPS) is 11.4. The topological polar surface area (TPSA) is 58.6 Å². The van der Waals surface area contributed by atoms with Crippen LogP contribution in [0.5, 0.6) is 0 Å². The first-order chi connectivity index (χ1) is 10.1. The molecule has 0 atom stereocenters. The van der Waals surface area contributed by atoms with Crippen molar-refractivity contribution >= 4 is 7.82 Å². The summed E-state index contributed by atoms with van der Waals surface area (Å²) < 4.78 is 21.2. The summed E-state index contributed by atoms with van der Waals surface area (Å²) >= 11 is 0. The smallest absolute Gasteiger partial charge is 0.756 e.